The van der Waals surface area contributed by atoms with Gasteiger partial charge in [0.2, 0.25) is 5.91 Å². The van der Waals surface area contributed by atoms with E-state index in [2.05, 4.69) is 26.6 Å². The maximum atomic E-state index is 12.6. The highest BCUT2D eigenvalue weighted by molar-refractivity contribution is 9.10. The molecule has 0 saturated carbocycles. The minimum Gasteiger partial charge on any atom is -0.352 e. The first-order chi connectivity index (χ1) is 13.6. The number of carbonyl (C=O) groups is 2. The minimum absolute atomic E-state index is 0.160. The monoisotopic (exact) mass is 436 g/mol. The third-order valence-electron chi connectivity index (χ3n) is 4.27. The molecule has 28 heavy (non-hydrogen) atoms. The summed E-state index contributed by atoms with van der Waals surface area (Å²) in [6.07, 6.45) is 1.00. The van der Waals surface area contributed by atoms with Crippen LogP contribution in [0.5, 0.6) is 0 Å². The molecule has 0 spiro atoms. The topological polar surface area (TPSA) is 58.2 Å². The molecule has 3 rings (SSSR count). The predicted octanol–water partition coefficient (Wildman–Crippen LogP) is 4.60. The molecule has 0 unspecified atom stereocenters. The van der Waals surface area contributed by atoms with Gasteiger partial charge < -0.3 is 10.6 Å². The molecule has 5 heteroatoms. The number of anilines is 1. The molecule has 0 fully saturated rings. The van der Waals surface area contributed by atoms with Crippen molar-refractivity contribution in [3.05, 3.63) is 100 Å². The van der Waals surface area contributed by atoms with Gasteiger partial charge in [0, 0.05) is 11.0 Å². The summed E-state index contributed by atoms with van der Waals surface area (Å²) < 4.78 is 0.967. The van der Waals surface area contributed by atoms with E-state index in [1.165, 1.54) is 5.56 Å². The van der Waals surface area contributed by atoms with Crippen molar-refractivity contribution < 1.29 is 9.59 Å². The zero-order valence-electron chi connectivity index (χ0n) is 15.3. The Hall–Kier alpha value is -2.92. The highest BCUT2D eigenvalue weighted by Crippen LogP contribution is 2.16. The molecule has 0 atom stereocenters. The van der Waals surface area contributed by atoms with Crippen molar-refractivity contribution in [2.24, 2.45) is 0 Å². The third kappa shape index (κ3) is 5.79. The lowest BCUT2D eigenvalue weighted by Gasteiger charge is -2.12. The second kappa shape index (κ2) is 9.85. The Morgan fingerprint density at radius 2 is 1.46 bits per heavy atom. The SMILES string of the molecule is O=C(Cc1ccc(Br)cc1)Nc1ccccc1C(=O)NCCc1ccccc1. The Kier molecular flexibility index (Phi) is 6.98. The smallest absolute Gasteiger partial charge is 0.253 e. The van der Waals surface area contributed by atoms with Crippen molar-refractivity contribution in [1.29, 1.82) is 0 Å². The Morgan fingerprint density at radius 1 is 0.786 bits per heavy atom. The number of carbonyl (C=O) groups excluding carboxylic acids is 2. The van der Waals surface area contributed by atoms with Crippen LogP contribution >= 0.6 is 15.9 Å². The Bertz CT molecular complexity index is 940. The van der Waals surface area contributed by atoms with Gasteiger partial charge in [-0.1, -0.05) is 70.5 Å². The van der Waals surface area contributed by atoms with Gasteiger partial charge in [-0.2, -0.15) is 0 Å². The minimum atomic E-state index is -0.199. The zero-order valence-corrected chi connectivity index (χ0v) is 16.9. The van der Waals surface area contributed by atoms with Gasteiger partial charge in [-0.15, -0.1) is 0 Å². The molecular weight excluding hydrogens is 416 g/mol. The fourth-order valence-corrected chi connectivity index (χ4v) is 3.10. The van der Waals surface area contributed by atoms with Crippen LogP contribution in [0, 0.1) is 0 Å². The number of hydrogen-bond donors (Lipinski definition) is 2. The molecule has 0 saturated heterocycles. The quantitative estimate of drug-likeness (QED) is 0.568. The van der Waals surface area contributed by atoms with Crippen LogP contribution < -0.4 is 10.6 Å². The van der Waals surface area contributed by atoms with Crippen LogP contribution in [0.2, 0.25) is 0 Å². The lowest BCUT2D eigenvalue weighted by Crippen LogP contribution is -2.27. The van der Waals surface area contributed by atoms with Gasteiger partial charge in [-0.05, 0) is 41.8 Å². The summed E-state index contributed by atoms with van der Waals surface area (Å²) in [7, 11) is 0. The van der Waals surface area contributed by atoms with Crippen LogP contribution in [-0.4, -0.2) is 18.4 Å². The summed E-state index contributed by atoms with van der Waals surface area (Å²) in [5, 5.41) is 5.77. The van der Waals surface area contributed by atoms with Gasteiger partial charge in [0.15, 0.2) is 0 Å². The lowest BCUT2D eigenvalue weighted by atomic mass is 10.1. The molecule has 2 amide bonds. The number of nitrogens with one attached hydrogen (secondary N) is 2. The van der Waals surface area contributed by atoms with Gasteiger partial charge in [-0.25, -0.2) is 0 Å². The van der Waals surface area contributed by atoms with Crippen molar-refractivity contribution in [2.45, 2.75) is 12.8 Å². The highest BCUT2D eigenvalue weighted by atomic mass is 79.9. The Morgan fingerprint density at radius 3 is 2.21 bits per heavy atom. The van der Waals surface area contributed by atoms with Gasteiger partial charge in [-0.3, -0.25) is 9.59 Å². The van der Waals surface area contributed by atoms with E-state index in [0.717, 1.165) is 16.5 Å². The lowest BCUT2D eigenvalue weighted by molar-refractivity contribution is -0.115. The molecule has 3 aromatic carbocycles. The summed E-state index contributed by atoms with van der Waals surface area (Å²) in [6.45, 7) is 0.532. The van der Waals surface area contributed by atoms with Crippen molar-refractivity contribution in [2.75, 3.05) is 11.9 Å². The highest BCUT2D eigenvalue weighted by Gasteiger charge is 2.13. The van der Waals surface area contributed by atoms with E-state index in [4.69, 9.17) is 0 Å². The number of amides is 2. The summed E-state index contributed by atoms with van der Waals surface area (Å²) >= 11 is 3.38. The number of rotatable bonds is 7. The fourth-order valence-electron chi connectivity index (χ4n) is 2.83. The standard InChI is InChI=1S/C23H21BrN2O2/c24-19-12-10-18(11-13-19)16-22(27)26-21-9-5-4-8-20(21)23(28)25-15-14-17-6-2-1-3-7-17/h1-13H,14-16H2,(H,25,28)(H,26,27). The molecule has 2 N–H and O–H groups in total. The van der Waals surface area contributed by atoms with Crippen LogP contribution in [0.25, 0.3) is 0 Å². The van der Waals surface area contributed by atoms with Crippen LogP contribution in [0.4, 0.5) is 5.69 Å². The van der Waals surface area contributed by atoms with Gasteiger partial charge in [0.05, 0.1) is 17.7 Å². The third-order valence-corrected chi connectivity index (χ3v) is 4.79. The normalized spacial score (nSPS) is 10.3. The van der Waals surface area contributed by atoms with Gasteiger partial charge >= 0.3 is 0 Å². The maximum absolute atomic E-state index is 12.6. The maximum Gasteiger partial charge on any atom is 0.253 e. The summed E-state index contributed by atoms with van der Waals surface area (Å²) in [5.41, 5.74) is 3.05. The molecule has 0 bridgehead atoms. The van der Waals surface area contributed by atoms with E-state index in [1.54, 1.807) is 24.3 Å². The molecule has 0 aliphatic heterocycles. The van der Waals surface area contributed by atoms with E-state index in [0.29, 0.717) is 17.8 Å². The van der Waals surface area contributed by atoms with E-state index < -0.39 is 0 Å². The van der Waals surface area contributed by atoms with Crippen LogP contribution in [-0.2, 0) is 17.6 Å². The van der Waals surface area contributed by atoms with Crippen molar-refractivity contribution in [1.82, 2.24) is 5.32 Å². The number of benzene rings is 3. The molecule has 0 radical (unpaired) electrons. The second-order valence-electron chi connectivity index (χ2n) is 6.39. The average molecular weight is 437 g/mol. The molecular formula is C23H21BrN2O2. The molecule has 4 nitrogen and oxygen atoms in total. The molecule has 0 aromatic heterocycles. The van der Waals surface area contributed by atoms with Crippen LogP contribution in [0.15, 0.2) is 83.3 Å². The summed E-state index contributed by atoms with van der Waals surface area (Å²) in [5.74, 6) is -0.359. The number of halogens is 1. The Labute approximate surface area is 173 Å². The van der Waals surface area contributed by atoms with Gasteiger partial charge in [0.25, 0.3) is 5.91 Å². The first-order valence-electron chi connectivity index (χ1n) is 9.07. The molecule has 142 valence electrons. The van der Waals surface area contributed by atoms with Gasteiger partial charge in [0.1, 0.15) is 0 Å². The number of hydrogen-bond acceptors (Lipinski definition) is 2. The van der Waals surface area contributed by atoms with Crippen LogP contribution in [0.3, 0.4) is 0 Å². The summed E-state index contributed by atoms with van der Waals surface area (Å²) in [6, 6.07) is 24.6. The van der Waals surface area contributed by atoms with Crippen molar-refractivity contribution >= 4 is 33.4 Å². The van der Waals surface area contributed by atoms with E-state index in [1.807, 2.05) is 54.6 Å². The Balaban J connectivity index is 1.59. The first-order valence-corrected chi connectivity index (χ1v) is 9.86. The predicted molar refractivity (Wildman–Crippen MR) is 115 cm³/mol. The average Bonchev–Trinajstić information content (AvgIpc) is 2.71. The molecule has 0 aliphatic rings. The second-order valence-corrected chi connectivity index (χ2v) is 7.30. The van der Waals surface area contributed by atoms with Crippen LogP contribution in [0.1, 0.15) is 21.5 Å². The molecule has 0 aliphatic carbocycles. The van der Waals surface area contributed by atoms with Crippen molar-refractivity contribution in [3.63, 3.8) is 0 Å². The zero-order chi connectivity index (χ0) is 19.8. The van der Waals surface area contributed by atoms with E-state index in [9.17, 15) is 9.59 Å². The summed E-state index contributed by atoms with van der Waals surface area (Å²) in [4.78, 5) is 25.0. The molecule has 3 aromatic rings. The van der Waals surface area contributed by atoms with E-state index >= 15 is 0 Å². The number of para-hydroxylation sites is 1. The largest absolute Gasteiger partial charge is 0.352 e. The first kappa shape index (κ1) is 19.8. The fraction of sp³-hybridized carbons (Fsp3) is 0.130. The molecule has 0 heterocycles. The van der Waals surface area contributed by atoms with Crippen molar-refractivity contribution in [3.8, 4) is 0 Å². The van der Waals surface area contributed by atoms with E-state index in [-0.39, 0.29) is 18.2 Å².